The number of fused-ring (bicyclic) bond motifs is 1. The van der Waals surface area contributed by atoms with Crippen molar-refractivity contribution in [2.75, 3.05) is 13.1 Å². The molecule has 0 unspecified atom stereocenters. The van der Waals surface area contributed by atoms with E-state index in [9.17, 15) is 9.59 Å². The van der Waals surface area contributed by atoms with E-state index < -0.39 is 5.91 Å². The number of H-pyrrole nitrogens is 1. The summed E-state index contributed by atoms with van der Waals surface area (Å²) in [4.78, 5) is 27.5. The first kappa shape index (κ1) is 12.2. The van der Waals surface area contributed by atoms with Gasteiger partial charge < -0.3 is 15.6 Å². The Kier molecular flexibility index (Phi) is 3.32. The Morgan fingerprint density at radius 1 is 1.33 bits per heavy atom. The molecule has 0 fully saturated rings. The van der Waals surface area contributed by atoms with Gasteiger partial charge in [0.1, 0.15) is 5.69 Å². The summed E-state index contributed by atoms with van der Waals surface area (Å²) in [5.74, 6) is -0.728. The highest BCUT2D eigenvalue weighted by molar-refractivity contribution is 5.99. The zero-order chi connectivity index (χ0) is 13.1. The number of aromatic nitrogens is 1. The van der Waals surface area contributed by atoms with Gasteiger partial charge in [0, 0.05) is 17.4 Å². The largest absolute Gasteiger partial charge is 0.368 e. The van der Waals surface area contributed by atoms with Gasteiger partial charge >= 0.3 is 0 Å². The van der Waals surface area contributed by atoms with Crippen molar-refractivity contribution in [2.24, 2.45) is 5.73 Å². The van der Waals surface area contributed by atoms with E-state index in [4.69, 9.17) is 5.73 Å². The van der Waals surface area contributed by atoms with Crippen LogP contribution in [0.4, 0.5) is 0 Å². The van der Waals surface area contributed by atoms with Gasteiger partial charge in [0.2, 0.25) is 5.91 Å². The molecule has 94 valence electrons. The van der Waals surface area contributed by atoms with Crippen molar-refractivity contribution in [3.8, 4) is 0 Å². The van der Waals surface area contributed by atoms with E-state index in [-0.39, 0.29) is 12.5 Å². The molecule has 0 aliphatic heterocycles. The number of benzene rings is 1. The van der Waals surface area contributed by atoms with Gasteiger partial charge in [-0.25, -0.2) is 0 Å². The number of primary amides is 1. The summed E-state index contributed by atoms with van der Waals surface area (Å²) >= 11 is 0. The maximum atomic E-state index is 12.2. The summed E-state index contributed by atoms with van der Waals surface area (Å²) in [5.41, 5.74) is 6.49. The standard InChI is InChI=1S/C13H15N3O2/c1-2-16(8-12(14)17)13(18)11-7-9-5-3-4-6-10(9)15-11/h3-7,15H,2,8H2,1H3,(H2,14,17). The van der Waals surface area contributed by atoms with Gasteiger partial charge in [0.25, 0.3) is 5.91 Å². The van der Waals surface area contributed by atoms with Gasteiger partial charge in [-0.05, 0) is 19.1 Å². The average molecular weight is 245 g/mol. The fraction of sp³-hybridized carbons (Fsp3) is 0.231. The zero-order valence-corrected chi connectivity index (χ0v) is 10.1. The summed E-state index contributed by atoms with van der Waals surface area (Å²) in [6.45, 7) is 2.19. The molecule has 5 heteroatoms. The second kappa shape index (κ2) is 4.91. The molecule has 0 saturated heterocycles. The summed E-state index contributed by atoms with van der Waals surface area (Å²) in [7, 11) is 0. The molecule has 1 aromatic heterocycles. The molecule has 1 heterocycles. The highest BCUT2D eigenvalue weighted by Gasteiger charge is 2.17. The molecule has 0 aliphatic carbocycles. The van der Waals surface area contributed by atoms with Crippen molar-refractivity contribution < 1.29 is 9.59 Å². The number of nitrogens with zero attached hydrogens (tertiary/aromatic N) is 1. The summed E-state index contributed by atoms with van der Waals surface area (Å²) in [6, 6.07) is 9.41. The first-order chi connectivity index (χ1) is 8.61. The van der Waals surface area contributed by atoms with Crippen molar-refractivity contribution >= 4 is 22.7 Å². The third-order valence-corrected chi connectivity index (χ3v) is 2.78. The predicted octanol–water partition coefficient (Wildman–Crippen LogP) is 1.12. The quantitative estimate of drug-likeness (QED) is 0.846. The Hall–Kier alpha value is -2.30. The lowest BCUT2D eigenvalue weighted by Crippen LogP contribution is -2.38. The van der Waals surface area contributed by atoms with Crippen LogP contribution >= 0.6 is 0 Å². The van der Waals surface area contributed by atoms with Crippen molar-refractivity contribution in [1.29, 1.82) is 0 Å². The van der Waals surface area contributed by atoms with Gasteiger partial charge in [0.05, 0.1) is 6.54 Å². The Bertz CT molecular complexity index is 556. The van der Waals surface area contributed by atoms with Crippen LogP contribution in [0, 0.1) is 0 Å². The molecule has 2 amide bonds. The number of nitrogens with one attached hydrogen (secondary N) is 1. The molecular formula is C13H15N3O2. The Balaban J connectivity index is 2.29. The van der Waals surface area contributed by atoms with E-state index in [2.05, 4.69) is 4.98 Å². The predicted molar refractivity (Wildman–Crippen MR) is 69.1 cm³/mol. The molecule has 0 radical (unpaired) electrons. The molecule has 2 rings (SSSR count). The molecule has 0 saturated carbocycles. The lowest BCUT2D eigenvalue weighted by atomic mass is 10.2. The smallest absolute Gasteiger partial charge is 0.270 e. The molecule has 2 aromatic rings. The summed E-state index contributed by atoms with van der Waals surface area (Å²) in [6.07, 6.45) is 0. The number of likely N-dealkylation sites (N-methyl/N-ethyl adjacent to an activating group) is 1. The van der Waals surface area contributed by atoms with Gasteiger partial charge in [-0.1, -0.05) is 18.2 Å². The van der Waals surface area contributed by atoms with Crippen LogP contribution in [0.3, 0.4) is 0 Å². The van der Waals surface area contributed by atoms with Gasteiger partial charge in [0.15, 0.2) is 0 Å². The van der Waals surface area contributed by atoms with Crippen LogP contribution in [0.2, 0.25) is 0 Å². The number of rotatable bonds is 4. The summed E-state index contributed by atoms with van der Waals surface area (Å²) < 4.78 is 0. The molecule has 0 spiro atoms. The number of hydrogen-bond donors (Lipinski definition) is 2. The van der Waals surface area contributed by atoms with Crippen LogP contribution in [0.1, 0.15) is 17.4 Å². The molecule has 0 aliphatic rings. The average Bonchev–Trinajstić information content (AvgIpc) is 2.78. The lowest BCUT2D eigenvalue weighted by molar-refractivity contribution is -0.118. The minimum Gasteiger partial charge on any atom is -0.368 e. The molecule has 3 N–H and O–H groups in total. The number of carbonyl (C=O) groups excluding carboxylic acids is 2. The van der Waals surface area contributed by atoms with E-state index in [1.165, 1.54) is 4.90 Å². The van der Waals surface area contributed by atoms with Crippen LogP contribution in [0.25, 0.3) is 10.9 Å². The van der Waals surface area contributed by atoms with E-state index in [0.717, 1.165) is 10.9 Å². The second-order valence-electron chi connectivity index (χ2n) is 4.06. The highest BCUT2D eigenvalue weighted by atomic mass is 16.2. The number of amides is 2. The van der Waals surface area contributed by atoms with Crippen LogP contribution in [-0.4, -0.2) is 34.8 Å². The number of para-hydroxylation sites is 1. The van der Waals surface area contributed by atoms with Crippen LogP contribution in [0.15, 0.2) is 30.3 Å². The first-order valence-corrected chi connectivity index (χ1v) is 5.77. The van der Waals surface area contributed by atoms with Crippen LogP contribution in [0.5, 0.6) is 0 Å². The Morgan fingerprint density at radius 3 is 2.67 bits per heavy atom. The SMILES string of the molecule is CCN(CC(N)=O)C(=O)c1cc2ccccc2[nH]1. The van der Waals surface area contributed by atoms with Crippen molar-refractivity contribution in [3.63, 3.8) is 0 Å². The molecule has 0 bridgehead atoms. The number of hydrogen-bond acceptors (Lipinski definition) is 2. The molecule has 5 nitrogen and oxygen atoms in total. The third kappa shape index (κ3) is 2.34. The Labute approximate surface area is 105 Å². The van der Waals surface area contributed by atoms with Crippen LogP contribution < -0.4 is 5.73 Å². The zero-order valence-electron chi connectivity index (χ0n) is 10.1. The minimum absolute atomic E-state index is 0.0648. The lowest BCUT2D eigenvalue weighted by Gasteiger charge is -2.17. The second-order valence-corrected chi connectivity index (χ2v) is 4.06. The van der Waals surface area contributed by atoms with E-state index in [0.29, 0.717) is 12.2 Å². The Morgan fingerprint density at radius 2 is 2.06 bits per heavy atom. The monoisotopic (exact) mass is 245 g/mol. The van der Waals surface area contributed by atoms with Crippen molar-refractivity contribution in [3.05, 3.63) is 36.0 Å². The fourth-order valence-electron chi connectivity index (χ4n) is 1.87. The normalized spacial score (nSPS) is 10.5. The molecular weight excluding hydrogens is 230 g/mol. The highest BCUT2D eigenvalue weighted by Crippen LogP contribution is 2.15. The van der Waals surface area contributed by atoms with Crippen molar-refractivity contribution in [2.45, 2.75) is 6.92 Å². The van der Waals surface area contributed by atoms with E-state index in [1.54, 1.807) is 6.07 Å². The molecule has 1 aromatic carbocycles. The van der Waals surface area contributed by atoms with Crippen LogP contribution in [-0.2, 0) is 4.79 Å². The maximum Gasteiger partial charge on any atom is 0.270 e. The maximum absolute atomic E-state index is 12.2. The number of nitrogens with two attached hydrogens (primary N) is 1. The number of aromatic amines is 1. The fourth-order valence-corrected chi connectivity index (χ4v) is 1.87. The van der Waals surface area contributed by atoms with Gasteiger partial charge in [-0.2, -0.15) is 0 Å². The van der Waals surface area contributed by atoms with Crippen molar-refractivity contribution in [1.82, 2.24) is 9.88 Å². The first-order valence-electron chi connectivity index (χ1n) is 5.77. The van der Waals surface area contributed by atoms with E-state index >= 15 is 0 Å². The number of carbonyl (C=O) groups is 2. The van der Waals surface area contributed by atoms with Gasteiger partial charge in [-0.3, -0.25) is 9.59 Å². The van der Waals surface area contributed by atoms with E-state index in [1.807, 2.05) is 31.2 Å². The minimum atomic E-state index is -0.513. The molecule has 18 heavy (non-hydrogen) atoms. The van der Waals surface area contributed by atoms with Gasteiger partial charge in [-0.15, -0.1) is 0 Å². The summed E-state index contributed by atoms with van der Waals surface area (Å²) in [5, 5.41) is 0.968. The third-order valence-electron chi connectivity index (χ3n) is 2.78. The topological polar surface area (TPSA) is 79.2 Å². The molecule has 0 atom stereocenters.